The lowest BCUT2D eigenvalue weighted by molar-refractivity contribution is 0.249. The van der Waals surface area contributed by atoms with Gasteiger partial charge in [-0.2, -0.15) is 5.10 Å². The number of carbonyl (C=O) groups is 1. The predicted molar refractivity (Wildman–Crippen MR) is 63.4 cm³/mol. The molecule has 1 aliphatic carbocycles. The summed E-state index contributed by atoms with van der Waals surface area (Å²) in [6, 6.07) is 5.72. The highest BCUT2D eigenvalue weighted by Gasteiger charge is 2.15. The lowest BCUT2D eigenvalue weighted by Crippen LogP contribution is -2.27. The largest absolute Gasteiger partial charge is 0.350 e. The lowest BCUT2D eigenvalue weighted by atomic mass is 9.89. The minimum atomic E-state index is -0.618. The molecule has 1 aliphatic rings. The Bertz CT molecular complexity index is 452. The van der Waals surface area contributed by atoms with E-state index in [0.29, 0.717) is 0 Å². The number of carbonyl (C=O) groups excluding carboxylic acids is 1. The molecule has 16 heavy (non-hydrogen) atoms. The highest BCUT2D eigenvalue weighted by Crippen LogP contribution is 2.22. The van der Waals surface area contributed by atoms with Crippen molar-refractivity contribution in [2.24, 2.45) is 10.8 Å². The molecule has 0 aliphatic heterocycles. The normalized spacial score (nSPS) is 16.9. The second-order valence-electron chi connectivity index (χ2n) is 4.05. The molecule has 0 unspecified atom stereocenters. The maximum absolute atomic E-state index is 10.6. The van der Waals surface area contributed by atoms with Gasteiger partial charge in [0.05, 0.1) is 5.71 Å². The molecule has 0 saturated carbocycles. The molecule has 0 bridgehead atoms. The number of amides is 2. The third-order valence-electron chi connectivity index (χ3n) is 2.74. The highest BCUT2D eigenvalue weighted by molar-refractivity contribution is 6.03. The van der Waals surface area contributed by atoms with Gasteiger partial charge in [-0.05, 0) is 37.8 Å². The Morgan fingerprint density at radius 2 is 2.25 bits per heavy atom. The van der Waals surface area contributed by atoms with Crippen LogP contribution in [0.1, 0.15) is 29.5 Å². The van der Waals surface area contributed by atoms with Crippen molar-refractivity contribution in [1.29, 1.82) is 0 Å². The van der Waals surface area contributed by atoms with E-state index in [1.807, 2.05) is 6.92 Å². The number of fused-ring (bicyclic) bond motifs is 1. The summed E-state index contributed by atoms with van der Waals surface area (Å²) in [5.74, 6) is 0. The van der Waals surface area contributed by atoms with Gasteiger partial charge in [-0.1, -0.05) is 17.7 Å². The third kappa shape index (κ3) is 2.21. The van der Waals surface area contributed by atoms with Crippen LogP contribution >= 0.6 is 0 Å². The quantitative estimate of drug-likeness (QED) is 0.691. The first-order chi connectivity index (χ1) is 7.66. The van der Waals surface area contributed by atoms with Gasteiger partial charge in [-0.25, -0.2) is 10.2 Å². The maximum Gasteiger partial charge on any atom is 0.332 e. The summed E-state index contributed by atoms with van der Waals surface area (Å²) < 4.78 is 0. The van der Waals surface area contributed by atoms with E-state index in [0.717, 1.165) is 30.5 Å². The number of urea groups is 1. The Kier molecular flexibility index (Phi) is 2.90. The first kappa shape index (κ1) is 10.7. The molecular weight excluding hydrogens is 202 g/mol. The summed E-state index contributed by atoms with van der Waals surface area (Å²) in [4.78, 5) is 10.6. The zero-order valence-corrected chi connectivity index (χ0v) is 9.29. The molecule has 0 spiro atoms. The Morgan fingerprint density at radius 1 is 1.44 bits per heavy atom. The minimum absolute atomic E-state index is 0.618. The van der Waals surface area contributed by atoms with Gasteiger partial charge in [0.25, 0.3) is 0 Å². The summed E-state index contributed by atoms with van der Waals surface area (Å²) in [6.07, 6.45) is 3.03. The van der Waals surface area contributed by atoms with E-state index < -0.39 is 6.03 Å². The standard InChI is InChI=1S/C12H15N3O/c1-8-5-6-9-3-2-4-11(10(9)7-8)14-15-12(13)16/h5-7H,2-4H2,1H3,(H3,13,15,16)/b14-11+. The number of primary amides is 1. The van der Waals surface area contributed by atoms with Gasteiger partial charge in [0.15, 0.2) is 0 Å². The molecule has 0 fully saturated rings. The second-order valence-corrected chi connectivity index (χ2v) is 4.05. The van der Waals surface area contributed by atoms with E-state index in [9.17, 15) is 4.79 Å². The number of nitrogens with zero attached hydrogens (tertiary/aromatic N) is 1. The van der Waals surface area contributed by atoms with Gasteiger partial charge < -0.3 is 5.73 Å². The van der Waals surface area contributed by atoms with Crippen LogP contribution in [0.4, 0.5) is 4.79 Å². The molecule has 4 heteroatoms. The van der Waals surface area contributed by atoms with Crippen molar-refractivity contribution in [3.8, 4) is 0 Å². The Labute approximate surface area is 94.5 Å². The van der Waals surface area contributed by atoms with Crippen LogP contribution in [0.15, 0.2) is 23.3 Å². The zero-order chi connectivity index (χ0) is 11.5. The summed E-state index contributed by atoms with van der Waals surface area (Å²) in [5.41, 5.74) is 11.9. The van der Waals surface area contributed by atoms with Crippen molar-refractivity contribution in [1.82, 2.24) is 5.43 Å². The first-order valence-corrected chi connectivity index (χ1v) is 5.39. The molecule has 2 amide bonds. The van der Waals surface area contributed by atoms with E-state index in [1.165, 1.54) is 11.1 Å². The molecular formula is C12H15N3O. The SMILES string of the molecule is Cc1ccc2c(c1)/C(=N/NC(N)=O)CCC2. The topological polar surface area (TPSA) is 67.5 Å². The average Bonchev–Trinajstić information content (AvgIpc) is 2.26. The Hall–Kier alpha value is -1.84. The lowest BCUT2D eigenvalue weighted by Gasteiger charge is -2.18. The van der Waals surface area contributed by atoms with Crippen LogP contribution in [0.3, 0.4) is 0 Å². The molecule has 3 N–H and O–H groups in total. The van der Waals surface area contributed by atoms with Crippen molar-refractivity contribution >= 4 is 11.7 Å². The Morgan fingerprint density at radius 3 is 3.00 bits per heavy atom. The molecule has 0 radical (unpaired) electrons. The number of nitrogens with one attached hydrogen (secondary N) is 1. The summed E-state index contributed by atoms with van der Waals surface area (Å²) in [5, 5.41) is 4.06. The van der Waals surface area contributed by atoms with Gasteiger partial charge in [-0.3, -0.25) is 0 Å². The number of hydrogen-bond donors (Lipinski definition) is 2. The fraction of sp³-hybridized carbons (Fsp3) is 0.333. The first-order valence-electron chi connectivity index (χ1n) is 5.39. The van der Waals surface area contributed by atoms with Crippen LogP contribution in [-0.4, -0.2) is 11.7 Å². The molecule has 1 aromatic carbocycles. The van der Waals surface area contributed by atoms with Crippen molar-refractivity contribution in [2.45, 2.75) is 26.2 Å². The monoisotopic (exact) mass is 217 g/mol. The van der Waals surface area contributed by atoms with Crippen LogP contribution in [-0.2, 0) is 6.42 Å². The number of benzene rings is 1. The van der Waals surface area contributed by atoms with E-state index in [1.54, 1.807) is 0 Å². The van der Waals surface area contributed by atoms with Gasteiger partial charge in [0.2, 0.25) is 0 Å². The molecule has 2 rings (SSSR count). The average molecular weight is 217 g/mol. The fourth-order valence-corrected chi connectivity index (χ4v) is 2.00. The molecule has 84 valence electrons. The van der Waals surface area contributed by atoms with Crippen molar-refractivity contribution in [3.05, 3.63) is 34.9 Å². The van der Waals surface area contributed by atoms with Crippen LogP contribution in [0.2, 0.25) is 0 Å². The second kappa shape index (κ2) is 4.35. The Balaban J connectivity index is 2.35. The van der Waals surface area contributed by atoms with Crippen molar-refractivity contribution < 1.29 is 4.79 Å². The van der Waals surface area contributed by atoms with Gasteiger partial charge in [0.1, 0.15) is 0 Å². The van der Waals surface area contributed by atoms with Crippen molar-refractivity contribution in [2.75, 3.05) is 0 Å². The van der Waals surface area contributed by atoms with Crippen LogP contribution in [0.5, 0.6) is 0 Å². The zero-order valence-electron chi connectivity index (χ0n) is 9.29. The molecule has 0 aromatic heterocycles. The number of nitrogens with two attached hydrogens (primary N) is 1. The van der Waals surface area contributed by atoms with Crippen LogP contribution in [0.25, 0.3) is 0 Å². The fourth-order valence-electron chi connectivity index (χ4n) is 2.00. The number of hydrazone groups is 1. The summed E-state index contributed by atoms with van der Waals surface area (Å²) in [6.45, 7) is 2.05. The van der Waals surface area contributed by atoms with Gasteiger partial charge in [0, 0.05) is 5.56 Å². The molecule has 4 nitrogen and oxygen atoms in total. The van der Waals surface area contributed by atoms with E-state index >= 15 is 0 Å². The van der Waals surface area contributed by atoms with Crippen LogP contribution < -0.4 is 11.2 Å². The summed E-state index contributed by atoms with van der Waals surface area (Å²) >= 11 is 0. The smallest absolute Gasteiger partial charge is 0.332 e. The molecule has 0 atom stereocenters. The van der Waals surface area contributed by atoms with Gasteiger partial charge in [-0.15, -0.1) is 0 Å². The predicted octanol–water partition coefficient (Wildman–Crippen LogP) is 1.70. The minimum Gasteiger partial charge on any atom is -0.350 e. The molecule has 1 aromatic rings. The van der Waals surface area contributed by atoms with Crippen molar-refractivity contribution in [3.63, 3.8) is 0 Å². The van der Waals surface area contributed by atoms with E-state index in [-0.39, 0.29) is 0 Å². The van der Waals surface area contributed by atoms with E-state index in [2.05, 4.69) is 28.7 Å². The maximum atomic E-state index is 10.6. The highest BCUT2D eigenvalue weighted by atomic mass is 16.2. The number of rotatable bonds is 1. The van der Waals surface area contributed by atoms with E-state index in [4.69, 9.17) is 5.73 Å². The number of hydrogen-bond acceptors (Lipinski definition) is 2. The van der Waals surface area contributed by atoms with Gasteiger partial charge >= 0.3 is 6.03 Å². The van der Waals surface area contributed by atoms with Crippen LogP contribution in [0, 0.1) is 6.92 Å². The number of aryl methyl sites for hydroxylation is 2. The molecule has 0 heterocycles. The molecule has 0 saturated heterocycles. The summed E-state index contributed by atoms with van der Waals surface area (Å²) in [7, 11) is 0. The third-order valence-corrected chi connectivity index (χ3v) is 2.74.